The van der Waals surface area contributed by atoms with Crippen LogP contribution in [0.1, 0.15) is 12.8 Å². The third-order valence-corrected chi connectivity index (χ3v) is 4.26. The van der Waals surface area contributed by atoms with Crippen LogP contribution in [-0.2, 0) is 12.0 Å². The average molecular weight is 373 g/mol. The van der Waals surface area contributed by atoms with Crippen LogP contribution in [0.2, 0.25) is 0 Å². The molecule has 1 fully saturated rings. The molecule has 3 aromatic rings. The van der Waals surface area contributed by atoms with Crippen LogP contribution in [0.15, 0.2) is 24.7 Å². The smallest absolute Gasteiger partial charge is 0.450 e. The number of halogens is 1. The summed E-state index contributed by atoms with van der Waals surface area (Å²) in [5, 5.41) is 2.95. The number of nitrogens with zero attached hydrogens (tertiary/aromatic N) is 4. The minimum Gasteiger partial charge on any atom is -0.480 e. The monoisotopic (exact) mass is 373 g/mol. The maximum atomic E-state index is 11.9. The summed E-state index contributed by atoms with van der Waals surface area (Å²) in [6, 6.07) is 3.47. The van der Waals surface area contributed by atoms with Gasteiger partial charge in [0.2, 0.25) is 11.8 Å². The molecule has 0 unspecified atom stereocenters. The fourth-order valence-corrected chi connectivity index (χ4v) is 2.83. The molecule has 3 aromatic heterocycles. The number of hydrogen-bond donors (Lipinski definition) is 1. The zero-order valence-electron chi connectivity index (χ0n) is 14.6. The highest BCUT2D eigenvalue weighted by Crippen LogP contribution is 2.40. The number of nitrogens with one attached hydrogen (secondary N) is 1. The molecule has 140 valence electrons. The lowest BCUT2D eigenvalue weighted by Crippen LogP contribution is -2.10. The summed E-state index contributed by atoms with van der Waals surface area (Å²) in [6.07, 6.45) is 3.85. The SMILES string of the molecule is COc1ncnc(OC2CC2)c1-c1cc2cc(NC(=O)OF)ncc2n1C. The van der Waals surface area contributed by atoms with Crippen LogP contribution in [0, 0.1) is 0 Å². The number of anilines is 1. The van der Waals surface area contributed by atoms with Gasteiger partial charge in [0.25, 0.3) is 0 Å². The van der Waals surface area contributed by atoms with Gasteiger partial charge in [-0.15, -0.1) is 0 Å². The minimum atomic E-state index is -1.24. The number of hydrogen-bond acceptors (Lipinski definition) is 7. The van der Waals surface area contributed by atoms with E-state index in [1.165, 1.54) is 13.4 Å². The molecular formula is C17H16FN5O4. The summed E-state index contributed by atoms with van der Waals surface area (Å²) >= 11 is 0. The maximum absolute atomic E-state index is 11.9. The van der Waals surface area contributed by atoms with Gasteiger partial charge in [-0.2, -0.15) is 0 Å². The van der Waals surface area contributed by atoms with Crippen LogP contribution in [0.4, 0.5) is 15.1 Å². The van der Waals surface area contributed by atoms with E-state index in [-0.39, 0.29) is 11.9 Å². The zero-order valence-corrected chi connectivity index (χ0v) is 14.6. The fraction of sp³-hybridized carbons (Fsp3) is 0.294. The van der Waals surface area contributed by atoms with Crippen LogP contribution in [0.5, 0.6) is 11.8 Å². The van der Waals surface area contributed by atoms with E-state index in [1.807, 2.05) is 17.7 Å². The van der Waals surface area contributed by atoms with Gasteiger partial charge in [0.05, 0.1) is 24.5 Å². The molecule has 0 spiro atoms. The molecule has 27 heavy (non-hydrogen) atoms. The second kappa shape index (κ2) is 6.71. The molecule has 1 amide bonds. The van der Waals surface area contributed by atoms with Gasteiger partial charge in [-0.3, -0.25) is 5.32 Å². The van der Waals surface area contributed by atoms with E-state index >= 15 is 0 Å². The number of fused-ring (bicyclic) bond motifs is 1. The molecule has 3 heterocycles. The Morgan fingerprint density at radius 2 is 2.04 bits per heavy atom. The summed E-state index contributed by atoms with van der Waals surface area (Å²) in [7, 11) is 3.39. The van der Waals surface area contributed by atoms with Crippen molar-refractivity contribution in [3.63, 3.8) is 0 Å². The van der Waals surface area contributed by atoms with Crippen LogP contribution < -0.4 is 14.8 Å². The molecule has 1 aliphatic rings. The Labute approximate surface area is 153 Å². The van der Waals surface area contributed by atoms with E-state index < -0.39 is 6.09 Å². The van der Waals surface area contributed by atoms with Gasteiger partial charge in [-0.05, 0) is 25.0 Å². The predicted octanol–water partition coefficient (Wildman–Crippen LogP) is 3.01. The number of methoxy groups -OCH3 is 1. The van der Waals surface area contributed by atoms with Gasteiger partial charge in [-0.1, -0.05) is 0 Å². The zero-order chi connectivity index (χ0) is 19.0. The van der Waals surface area contributed by atoms with E-state index in [0.29, 0.717) is 17.3 Å². The molecule has 9 nitrogen and oxygen atoms in total. The van der Waals surface area contributed by atoms with Crippen molar-refractivity contribution in [1.82, 2.24) is 19.5 Å². The average Bonchev–Trinajstić information content (AvgIpc) is 3.44. The molecule has 4 rings (SSSR count). The van der Waals surface area contributed by atoms with Gasteiger partial charge >= 0.3 is 6.09 Å². The molecule has 0 aromatic carbocycles. The molecule has 0 saturated heterocycles. The number of ether oxygens (including phenoxy) is 2. The molecular weight excluding hydrogens is 357 g/mol. The van der Waals surface area contributed by atoms with E-state index in [9.17, 15) is 9.32 Å². The second-order valence-corrected chi connectivity index (χ2v) is 6.09. The summed E-state index contributed by atoms with van der Waals surface area (Å²) in [5.74, 6) is 0.995. The third kappa shape index (κ3) is 3.21. The number of aryl methyl sites for hydroxylation is 1. The molecule has 1 N–H and O–H groups in total. The van der Waals surface area contributed by atoms with Gasteiger partial charge < -0.3 is 14.0 Å². The Kier molecular flexibility index (Phi) is 4.22. The normalized spacial score (nSPS) is 13.4. The Morgan fingerprint density at radius 3 is 2.74 bits per heavy atom. The number of amides is 1. The van der Waals surface area contributed by atoms with Gasteiger partial charge in [0, 0.05) is 17.0 Å². The van der Waals surface area contributed by atoms with Crippen molar-refractivity contribution in [2.45, 2.75) is 18.9 Å². The predicted molar refractivity (Wildman–Crippen MR) is 93.2 cm³/mol. The van der Waals surface area contributed by atoms with Crippen molar-refractivity contribution in [3.05, 3.63) is 24.7 Å². The first-order valence-corrected chi connectivity index (χ1v) is 8.21. The Balaban J connectivity index is 1.81. The van der Waals surface area contributed by atoms with Crippen molar-refractivity contribution >= 4 is 22.8 Å². The Bertz CT molecular complexity index is 1020. The second-order valence-electron chi connectivity index (χ2n) is 6.09. The van der Waals surface area contributed by atoms with Gasteiger partial charge in [0.15, 0.2) is 0 Å². The number of carbonyl (C=O) groups excluding carboxylic acids is 1. The molecule has 1 aliphatic carbocycles. The van der Waals surface area contributed by atoms with Crippen LogP contribution >= 0.6 is 0 Å². The van der Waals surface area contributed by atoms with Crippen molar-refractivity contribution < 1.29 is 23.7 Å². The van der Waals surface area contributed by atoms with Crippen molar-refractivity contribution in [3.8, 4) is 23.0 Å². The molecule has 0 atom stereocenters. The first-order chi connectivity index (χ1) is 13.1. The van der Waals surface area contributed by atoms with Crippen molar-refractivity contribution in [2.24, 2.45) is 7.05 Å². The number of carbonyl (C=O) groups is 1. The van der Waals surface area contributed by atoms with E-state index in [0.717, 1.165) is 29.4 Å². The quantitative estimate of drug-likeness (QED) is 0.734. The molecule has 0 bridgehead atoms. The van der Waals surface area contributed by atoms with Crippen LogP contribution in [0.3, 0.4) is 0 Å². The largest absolute Gasteiger partial charge is 0.480 e. The summed E-state index contributed by atoms with van der Waals surface area (Å²) in [5.41, 5.74) is 2.17. The minimum absolute atomic E-state index is 0.155. The lowest BCUT2D eigenvalue weighted by Gasteiger charge is -2.13. The lowest BCUT2D eigenvalue weighted by atomic mass is 10.2. The number of aromatic nitrogens is 4. The number of pyridine rings is 1. The summed E-state index contributed by atoms with van der Waals surface area (Å²) in [6.45, 7) is 0. The maximum Gasteiger partial charge on any atom is 0.450 e. The van der Waals surface area contributed by atoms with Gasteiger partial charge in [0.1, 0.15) is 23.8 Å². The third-order valence-electron chi connectivity index (χ3n) is 4.26. The summed E-state index contributed by atoms with van der Waals surface area (Å²) < 4.78 is 25.1. The first kappa shape index (κ1) is 17.0. The van der Waals surface area contributed by atoms with Crippen molar-refractivity contribution in [1.29, 1.82) is 0 Å². The lowest BCUT2D eigenvalue weighted by molar-refractivity contribution is -0.0544. The van der Waals surface area contributed by atoms with Crippen molar-refractivity contribution in [2.75, 3.05) is 12.4 Å². The van der Waals surface area contributed by atoms with Crippen LogP contribution in [-0.4, -0.2) is 38.8 Å². The van der Waals surface area contributed by atoms with Gasteiger partial charge in [-0.25, -0.2) is 24.7 Å². The molecule has 0 aliphatic heterocycles. The Morgan fingerprint density at radius 1 is 1.26 bits per heavy atom. The van der Waals surface area contributed by atoms with E-state index in [4.69, 9.17) is 9.47 Å². The topological polar surface area (TPSA) is 100 Å². The Hall–Kier alpha value is -3.43. The highest BCUT2D eigenvalue weighted by Gasteiger charge is 2.28. The molecule has 10 heteroatoms. The highest BCUT2D eigenvalue weighted by molar-refractivity contribution is 5.92. The summed E-state index contributed by atoms with van der Waals surface area (Å²) in [4.78, 5) is 26.7. The molecule has 0 radical (unpaired) electrons. The first-order valence-electron chi connectivity index (χ1n) is 8.21. The van der Waals surface area contributed by atoms with Crippen LogP contribution in [0.25, 0.3) is 22.2 Å². The van der Waals surface area contributed by atoms with E-state index in [1.54, 1.807) is 12.3 Å². The highest BCUT2D eigenvalue weighted by atomic mass is 19.3. The standard InChI is InChI=1S/C17H16FN5O4/c1-23-11(5-9-6-13(19-7-12(9)23)22-17(24)27-18)14-15(25-2)20-8-21-16(14)26-10-3-4-10/h5-8,10H,3-4H2,1-2H3,(H,19,22,24). The fourth-order valence-electron chi connectivity index (χ4n) is 2.83. The molecule has 1 saturated carbocycles. The number of rotatable bonds is 5. The van der Waals surface area contributed by atoms with E-state index in [2.05, 4.69) is 25.2 Å².